The monoisotopic (exact) mass is 404 g/mol. The molecule has 172 valence electrons. The summed E-state index contributed by atoms with van der Waals surface area (Å²) in [5.41, 5.74) is 0. The van der Waals surface area contributed by atoms with Gasteiger partial charge in [0, 0.05) is 0 Å². The highest BCUT2D eigenvalue weighted by molar-refractivity contribution is 4.92. The largest absolute Gasteiger partial charge is 0.0882 e. The van der Waals surface area contributed by atoms with Crippen LogP contribution in [0.15, 0.2) is 24.3 Å². The minimum atomic E-state index is 0.955. The fourth-order valence-corrected chi connectivity index (χ4v) is 4.08. The van der Waals surface area contributed by atoms with Crippen LogP contribution in [0.1, 0.15) is 156 Å². The average Bonchev–Trinajstić information content (AvgIpc) is 2.72. The van der Waals surface area contributed by atoms with Gasteiger partial charge in [0.15, 0.2) is 0 Å². The van der Waals surface area contributed by atoms with Crippen LogP contribution in [0.3, 0.4) is 0 Å². The van der Waals surface area contributed by atoms with Crippen molar-refractivity contribution in [1.82, 2.24) is 0 Å². The third kappa shape index (κ3) is 25.4. The molecule has 0 fully saturated rings. The molecule has 0 aliphatic heterocycles. The second kappa shape index (κ2) is 25.5. The van der Waals surface area contributed by atoms with Gasteiger partial charge in [-0.25, -0.2) is 0 Å². The van der Waals surface area contributed by atoms with E-state index in [1.807, 2.05) is 0 Å². The second-order valence-corrected chi connectivity index (χ2v) is 9.39. The van der Waals surface area contributed by atoms with E-state index in [0.29, 0.717) is 0 Å². The molecule has 0 saturated heterocycles. The second-order valence-electron chi connectivity index (χ2n) is 9.39. The molecule has 0 radical (unpaired) electrons. The molecule has 0 rings (SSSR count). The van der Waals surface area contributed by atoms with Gasteiger partial charge in [-0.3, -0.25) is 0 Å². The van der Waals surface area contributed by atoms with Crippen LogP contribution >= 0.6 is 0 Å². The molecular weight excluding hydrogens is 348 g/mol. The minimum absolute atomic E-state index is 0.955. The van der Waals surface area contributed by atoms with Crippen molar-refractivity contribution in [2.45, 2.75) is 156 Å². The van der Waals surface area contributed by atoms with Gasteiger partial charge in [-0.15, -0.1) is 0 Å². The molecule has 0 nitrogen and oxygen atoms in total. The zero-order chi connectivity index (χ0) is 21.3. The van der Waals surface area contributed by atoms with Gasteiger partial charge in [0.1, 0.15) is 0 Å². The zero-order valence-corrected chi connectivity index (χ0v) is 20.7. The molecule has 0 amide bonds. The van der Waals surface area contributed by atoms with Gasteiger partial charge in [0.05, 0.1) is 0 Å². The zero-order valence-electron chi connectivity index (χ0n) is 20.7. The highest BCUT2D eigenvalue weighted by atomic mass is 14.1. The standard InChI is InChI=1S/C29H56/c1-4-6-8-10-12-13-14-15-16-17-18-19-20-22-24-26-28-29(3)27-25-23-21-11-9-7-5-2/h12-13,15-16,29H,4-11,14,17-28H2,1-3H3/b13-12-,16-15-. The average molecular weight is 405 g/mol. The van der Waals surface area contributed by atoms with Crippen molar-refractivity contribution < 1.29 is 0 Å². The maximum Gasteiger partial charge on any atom is -0.0169 e. The van der Waals surface area contributed by atoms with Crippen LogP contribution in [0, 0.1) is 5.92 Å². The molecule has 0 saturated carbocycles. The molecule has 29 heavy (non-hydrogen) atoms. The van der Waals surface area contributed by atoms with Gasteiger partial charge >= 0.3 is 0 Å². The van der Waals surface area contributed by atoms with E-state index in [1.54, 1.807) is 0 Å². The smallest absolute Gasteiger partial charge is 0.0169 e. The summed E-state index contributed by atoms with van der Waals surface area (Å²) in [6.45, 7) is 7.05. The highest BCUT2D eigenvalue weighted by Crippen LogP contribution is 2.18. The number of hydrogen-bond acceptors (Lipinski definition) is 0. The molecule has 1 atom stereocenters. The lowest BCUT2D eigenvalue weighted by atomic mass is 9.96. The Kier molecular flexibility index (Phi) is 25.1. The summed E-state index contributed by atoms with van der Waals surface area (Å²) in [5.74, 6) is 0.955. The molecule has 0 N–H and O–H groups in total. The molecule has 0 spiro atoms. The SMILES string of the molecule is CCCCC/C=C\C/C=C\CCCCCCCCC(C)CCCCCCCCC. The van der Waals surface area contributed by atoms with E-state index < -0.39 is 0 Å². The summed E-state index contributed by atoms with van der Waals surface area (Å²) in [6, 6.07) is 0. The van der Waals surface area contributed by atoms with Crippen LogP contribution in [0.2, 0.25) is 0 Å². The first-order valence-electron chi connectivity index (χ1n) is 13.6. The van der Waals surface area contributed by atoms with Gasteiger partial charge in [-0.1, -0.05) is 148 Å². The summed E-state index contributed by atoms with van der Waals surface area (Å²) in [7, 11) is 0. The van der Waals surface area contributed by atoms with Crippen LogP contribution in [-0.4, -0.2) is 0 Å². The summed E-state index contributed by atoms with van der Waals surface area (Å²) in [6.07, 6.45) is 38.8. The fraction of sp³-hybridized carbons (Fsp3) is 0.862. The van der Waals surface area contributed by atoms with E-state index in [4.69, 9.17) is 0 Å². The fourth-order valence-electron chi connectivity index (χ4n) is 4.08. The highest BCUT2D eigenvalue weighted by Gasteiger charge is 2.02. The van der Waals surface area contributed by atoms with Crippen molar-refractivity contribution in [3.05, 3.63) is 24.3 Å². The van der Waals surface area contributed by atoms with Crippen LogP contribution in [-0.2, 0) is 0 Å². The lowest BCUT2D eigenvalue weighted by Gasteiger charge is -2.11. The Morgan fingerprint density at radius 2 is 0.828 bits per heavy atom. The van der Waals surface area contributed by atoms with Crippen LogP contribution in [0.25, 0.3) is 0 Å². The first-order chi connectivity index (χ1) is 14.3. The third-order valence-corrected chi connectivity index (χ3v) is 6.20. The van der Waals surface area contributed by atoms with Gasteiger partial charge in [-0.05, 0) is 38.0 Å². The Morgan fingerprint density at radius 1 is 0.448 bits per heavy atom. The van der Waals surface area contributed by atoms with Crippen molar-refractivity contribution in [1.29, 1.82) is 0 Å². The van der Waals surface area contributed by atoms with Gasteiger partial charge in [-0.2, -0.15) is 0 Å². The molecule has 0 aliphatic rings. The Labute approximate surface area is 186 Å². The van der Waals surface area contributed by atoms with Gasteiger partial charge < -0.3 is 0 Å². The number of unbranched alkanes of at least 4 members (excludes halogenated alkanes) is 15. The summed E-state index contributed by atoms with van der Waals surface area (Å²) in [5, 5.41) is 0. The molecule has 0 aromatic rings. The number of rotatable bonds is 23. The molecule has 0 aromatic carbocycles. The maximum absolute atomic E-state index is 2.48. The van der Waals surface area contributed by atoms with E-state index in [2.05, 4.69) is 45.1 Å². The number of hydrogen-bond donors (Lipinski definition) is 0. The van der Waals surface area contributed by atoms with Crippen molar-refractivity contribution in [2.75, 3.05) is 0 Å². The first-order valence-corrected chi connectivity index (χ1v) is 13.6. The van der Waals surface area contributed by atoms with Gasteiger partial charge in [0.25, 0.3) is 0 Å². The van der Waals surface area contributed by atoms with Crippen molar-refractivity contribution >= 4 is 0 Å². The van der Waals surface area contributed by atoms with E-state index in [1.165, 1.54) is 128 Å². The molecular formula is C29H56. The Bertz CT molecular complexity index is 338. The topological polar surface area (TPSA) is 0 Å². The Balaban J connectivity index is 3.23. The van der Waals surface area contributed by atoms with E-state index >= 15 is 0 Å². The number of allylic oxidation sites excluding steroid dienone is 4. The summed E-state index contributed by atoms with van der Waals surface area (Å²) in [4.78, 5) is 0. The van der Waals surface area contributed by atoms with Crippen LogP contribution in [0.5, 0.6) is 0 Å². The van der Waals surface area contributed by atoms with E-state index in [-0.39, 0.29) is 0 Å². The lowest BCUT2D eigenvalue weighted by molar-refractivity contribution is 0.431. The molecule has 0 bridgehead atoms. The van der Waals surface area contributed by atoms with Crippen LogP contribution < -0.4 is 0 Å². The Morgan fingerprint density at radius 3 is 1.34 bits per heavy atom. The maximum atomic E-state index is 2.48. The summed E-state index contributed by atoms with van der Waals surface area (Å²) < 4.78 is 0. The minimum Gasteiger partial charge on any atom is -0.0882 e. The summed E-state index contributed by atoms with van der Waals surface area (Å²) >= 11 is 0. The molecule has 0 heteroatoms. The van der Waals surface area contributed by atoms with E-state index in [0.717, 1.165) is 12.3 Å². The van der Waals surface area contributed by atoms with E-state index in [9.17, 15) is 0 Å². The molecule has 0 aromatic heterocycles. The third-order valence-electron chi connectivity index (χ3n) is 6.20. The quantitative estimate of drug-likeness (QED) is 0.117. The van der Waals surface area contributed by atoms with Crippen molar-refractivity contribution in [3.63, 3.8) is 0 Å². The lowest BCUT2D eigenvalue weighted by Crippen LogP contribution is -1.95. The Hall–Kier alpha value is -0.520. The van der Waals surface area contributed by atoms with Crippen LogP contribution in [0.4, 0.5) is 0 Å². The molecule has 1 unspecified atom stereocenters. The van der Waals surface area contributed by atoms with Crippen molar-refractivity contribution in [3.8, 4) is 0 Å². The van der Waals surface area contributed by atoms with Gasteiger partial charge in [0.2, 0.25) is 0 Å². The molecule has 0 aliphatic carbocycles. The first kappa shape index (κ1) is 28.5. The normalized spacial score (nSPS) is 13.1. The van der Waals surface area contributed by atoms with Crippen molar-refractivity contribution in [2.24, 2.45) is 5.92 Å². The molecule has 0 heterocycles. The predicted octanol–water partition coefficient (Wildman–Crippen LogP) is 11.0. The predicted molar refractivity (Wildman–Crippen MR) is 136 cm³/mol.